The van der Waals surface area contributed by atoms with E-state index in [0.717, 1.165) is 0 Å². The Balaban J connectivity index is 0. The summed E-state index contributed by atoms with van der Waals surface area (Å²) in [5, 5.41) is 0. The molecule has 8 heteroatoms. The van der Waals surface area contributed by atoms with Gasteiger partial charge in [0.15, 0.2) is 0 Å². The Labute approximate surface area is 89.7 Å². The molecule has 0 fully saturated rings. The van der Waals surface area contributed by atoms with Crippen molar-refractivity contribution >= 4 is 5.78 Å². The third kappa shape index (κ3) is 4.94. The molecule has 0 aliphatic rings. The summed E-state index contributed by atoms with van der Waals surface area (Å²) in [4.78, 5) is 9.24. The molecule has 11 heavy (non-hydrogen) atoms. The van der Waals surface area contributed by atoms with Crippen molar-refractivity contribution in [3.63, 3.8) is 0 Å². The fraction of sp³-hybridized carbons (Fsp3) is 0.667. The number of ketones is 1. The van der Waals surface area contributed by atoms with Crippen LogP contribution in [0.3, 0.4) is 0 Å². The van der Waals surface area contributed by atoms with Gasteiger partial charge in [0.25, 0.3) is 0 Å². The summed E-state index contributed by atoms with van der Waals surface area (Å²) in [6.07, 6.45) is -11.6. The Kier molecular flexibility index (Phi) is 5.16. The third-order valence-electron chi connectivity index (χ3n) is 0.515. The Hall–Kier alpha value is 0.601. The average Bonchev–Trinajstić information content (AvgIpc) is 1.59. The maximum absolute atomic E-state index is 10.9. The maximum atomic E-state index is 10.9. The summed E-state index contributed by atoms with van der Waals surface area (Å²) in [5.74, 6) is -3.68. The van der Waals surface area contributed by atoms with Crippen molar-refractivity contribution in [1.29, 1.82) is 0 Å². The van der Waals surface area contributed by atoms with Crippen LogP contribution in [0.1, 0.15) is 0 Å². The van der Waals surface area contributed by atoms with Crippen LogP contribution in [-0.4, -0.2) is 18.1 Å². The zero-order valence-corrected chi connectivity index (χ0v) is 7.88. The molecule has 0 aliphatic carbocycles. The molecule has 0 spiro atoms. The number of hydrogen-bond donors (Lipinski definition) is 0. The number of carbonyl (C=O) groups excluding carboxylic acids is 1. The zero-order chi connectivity index (χ0) is 8.58. The van der Waals surface area contributed by atoms with Crippen molar-refractivity contribution in [2.45, 2.75) is 12.4 Å². The summed E-state index contributed by atoms with van der Waals surface area (Å²) in [6, 6.07) is 0. The zero-order valence-electron chi connectivity index (χ0n) is 4.68. The van der Waals surface area contributed by atoms with Gasteiger partial charge >= 0.3 is 18.1 Å². The molecule has 0 rings (SSSR count). The van der Waals surface area contributed by atoms with E-state index in [-0.39, 0.29) is 40.8 Å². The topological polar surface area (TPSA) is 17.1 Å². The van der Waals surface area contributed by atoms with Crippen LogP contribution in [0, 0.1) is 40.8 Å². The molecular weight excluding hydrogens is 310 g/mol. The molecule has 0 amide bonds. The molecule has 0 N–H and O–H groups in total. The summed E-state index contributed by atoms with van der Waals surface area (Å²) in [7, 11) is 0. The molecule has 0 heterocycles. The number of rotatable bonds is 0. The molecule has 0 saturated carbocycles. The first-order valence-electron chi connectivity index (χ1n) is 1.84. The van der Waals surface area contributed by atoms with Crippen molar-refractivity contribution in [2.75, 3.05) is 0 Å². The van der Waals surface area contributed by atoms with Gasteiger partial charge < -0.3 is 0 Å². The second kappa shape index (κ2) is 4.01. The van der Waals surface area contributed by atoms with Gasteiger partial charge in [0.1, 0.15) is 0 Å². The van der Waals surface area contributed by atoms with Crippen LogP contribution in [0.5, 0.6) is 0 Å². The second-order valence-corrected chi connectivity index (χ2v) is 1.32. The number of Topliss-reactive ketones (excluding diaryl/α,β-unsaturated/α-hetero) is 1. The summed E-state index contributed by atoms with van der Waals surface area (Å²) >= 11 is 0. The Morgan fingerprint density at radius 1 is 0.818 bits per heavy atom. The molecule has 0 bridgehead atoms. The molecule has 0 aromatic heterocycles. The van der Waals surface area contributed by atoms with Crippen molar-refractivity contribution in [1.82, 2.24) is 0 Å². The van der Waals surface area contributed by atoms with Crippen LogP contribution >= 0.6 is 0 Å². The molecule has 0 aromatic carbocycles. The first-order valence-corrected chi connectivity index (χ1v) is 1.84. The molecule has 0 radical (unpaired) electrons. The van der Waals surface area contributed by atoms with E-state index < -0.39 is 18.1 Å². The SMILES string of the molecule is O=C(C(F)(F)F)C(F)(F)F.[Nd]. The smallest absolute Gasteiger partial charge is 0.279 e. The largest absolute Gasteiger partial charge is 0.459 e. The molecule has 0 saturated heterocycles. The van der Waals surface area contributed by atoms with Gasteiger partial charge in [-0.2, -0.15) is 26.3 Å². The quantitative estimate of drug-likeness (QED) is 0.622. The molecule has 0 aromatic rings. The van der Waals surface area contributed by atoms with E-state index >= 15 is 0 Å². The van der Waals surface area contributed by atoms with Crippen LogP contribution in [0.4, 0.5) is 26.3 Å². The normalized spacial score (nSPS) is 12.2. The molecule has 0 aliphatic heterocycles. The van der Waals surface area contributed by atoms with Gasteiger partial charge in [0, 0.05) is 40.8 Å². The van der Waals surface area contributed by atoms with Gasteiger partial charge in [-0.3, -0.25) is 4.79 Å². The van der Waals surface area contributed by atoms with Gasteiger partial charge in [0.05, 0.1) is 0 Å². The van der Waals surface area contributed by atoms with Gasteiger partial charge in [-0.25, -0.2) is 0 Å². The fourth-order valence-electron chi connectivity index (χ4n) is 0.161. The van der Waals surface area contributed by atoms with Gasteiger partial charge in [-0.15, -0.1) is 0 Å². The van der Waals surface area contributed by atoms with Crippen molar-refractivity contribution in [3.8, 4) is 0 Å². The fourth-order valence-corrected chi connectivity index (χ4v) is 0.161. The van der Waals surface area contributed by atoms with E-state index in [2.05, 4.69) is 0 Å². The monoisotopic (exact) mass is 308 g/mol. The third-order valence-corrected chi connectivity index (χ3v) is 0.515. The molecule has 0 atom stereocenters. The van der Waals surface area contributed by atoms with Gasteiger partial charge in [-0.05, 0) is 0 Å². The molecule has 64 valence electrons. The number of alkyl halides is 6. The molecule has 0 unspecified atom stereocenters. The summed E-state index contributed by atoms with van der Waals surface area (Å²) in [5.41, 5.74) is 0. The van der Waals surface area contributed by atoms with Gasteiger partial charge in [0.2, 0.25) is 0 Å². The minimum absolute atomic E-state index is 0. The van der Waals surface area contributed by atoms with Crippen molar-refractivity contribution in [3.05, 3.63) is 0 Å². The van der Waals surface area contributed by atoms with Crippen LogP contribution in [-0.2, 0) is 4.79 Å². The minimum Gasteiger partial charge on any atom is -0.279 e. The first-order chi connectivity index (χ1) is 4.15. The van der Waals surface area contributed by atoms with Crippen molar-refractivity contribution in [2.24, 2.45) is 0 Å². The predicted molar refractivity (Wildman–Crippen MR) is 17.1 cm³/mol. The van der Waals surface area contributed by atoms with E-state index in [4.69, 9.17) is 0 Å². The number of carbonyl (C=O) groups is 1. The average molecular weight is 310 g/mol. The van der Waals surface area contributed by atoms with E-state index in [1.54, 1.807) is 0 Å². The minimum atomic E-state index is -5.82. The number of halogens is 6. The van der Waals surface area contributed by atoms with Crippen LogP contribution in [0.25, 0.3) is 0 Å². The van der Waals surface area contributed by atoms with E-state index in [9.17, 15) is 31.1 Å². The van der Waals surface area contributed by atoms with Crippen LogP contribution < -0.4 is 0 Å². The van der Waals surface area contributed by atoms with E-state index in [1.807, 2.05) is 0 Å². The molecular formula is C3F6NdO. The Morgan fingerprint density at radius 3 is 1.00 bits per heavy atom. The standard InChI is InChI=1S/C3F6O.Nd/c4-2(5,6)1(10)3(7,8)9;. The van der Waals surface area contributed by atoms with Crippen molar-refractivity contribution < 1.29 is 72.0 Å². The first kappa shape index (κ1) is 14.1. The van der Waals surface area contributed by atoms with Crippen LogP contribution in [0.2, 0.25) is 0 Å². The summed E-state index contributed by atoms with van der Waals surface area (Å²) < 4.78 is 65.3. The van der Waals surface area contributed by atoms with E-state index in [1.165, 1.54) is 0 Å². The second-order valence-electron chi connectivity index (χ2n) is 1.32. The van der Waals surface area contributed by atoms with Crippen LogP contribution in [0.15, 0.2) is 0 Å². The predicted octanol–water partition coefficient (Wildman–Crippen LogP) is 1.68. The number of hydrogen-bond acceptors (Lipinski definition) is 1. The Bertz CT molecular complexity index is 129. The van der Waals surface area contributed by atoms with E-state index in [0.29, 0.717) is 0 Å². The van der Waals surface area contributed by atoms with Gasteiger partial charge in [-0.1, -0.05) is 0 Å². The Morgan fingerprint density at radius 2 is 1.00 bits per heavy atom. The summed E-state index contributed by atoms with van der Waals surface area (Å²) in [6.45, 7) is 0. The maximum Gasteiger partial charge on any atom is 0.459 e. The molecule has 1 nitrogen and oxygen atoms in total.